The summed E-state index contributed by atoms with van der Waals surface area (Å²) in [6, 6.07) is 7.48. The molecular formula is C22H27FN6. The van der Waals surface area contributed by atoms with E-state index in [2.05, 4.69) is 57.4 Å². The molecule has 0 amide bonds. The van der Waals surface area contributed by atoms with Crippen molar-refractivity contribution in [2.24, 2.45) is 0 Å². The number of nitrogens with zero attached hydrogens (tertiary/aromatic N) is 5. The number of pyridine rings is 1. The molecule has 0 atom stereocenters. The summed E-state index contributed by atoms with van der Waals surface area (Å²) in [7, 11) is 4.22. The number of aryl methyl sites for hydroxylation is 2. The Kier molecular flexibility index (Phi) is 4.86. The molecule has 6 nitrogen and oxygen atoms in total. The molecule has 0 saturated carbocycles. The van der Waals surface area contributed by atoms with E-state index in [0.29, 0.717) is 23.5 Å². The summed E-state index contributed by atoms with van der Waals surface area (Å²) in [5, 5.41) is 13.8. The minimum Gasteiger partial charge on any atom is -0.364 e. The molecule has 2 aromatic heterocycles. The highest BCUT2D eigenvalue weighted by Crippen LogP contribution is 2.32. The fourth-order valence-corrected chi connectivity index (χ4v) is 3.71. The van der Waals surface area contributed by atoms with E-state index < -0.39 is 0 Å². The second kappa shape index (κ2) is 7.22. The van der Waals surface area contributed by atoms with Crippen LogP contribution in [-0.4, -0.2) is 52.8 Å². The van der Waals surface area contributed by atoms with Crippen molar-refractivity contribution in [2.75, 3.05) is 37.4 Å². The zero-order chi connectivity index (χ0) is 20.8. The number of nitrogens with one attached hydrogen (secondary N) is 1. The smallest absolute Gasteiger partial charge is 0.157 e. The van der Waals surface area contributed by atoms with Crippen LogP contribution in [0.4, 0.5) is 16.0 Å². The van der Waals surface area contributed by atoms with Gasteiger partial charge in [-0.05, 0) is 46.5 Å². The third-order valence-corrected chi connectivity index (χ3v) is 6.02. The number of rotatable bonds is 5. The van der Waals surface area contributed by atoms with Crippen molar-refractivity contribution in [3.05, 3.63) is 53.1 Å². The van der Waals surface area contributed by atoms with Gasteiger partial charge in [0.2, 0.25) is 0 Å². The van der Waals surface area contributed by atoms with Crippen LogP contribution in [0.3, 0.4) is 0 Å². The van der Waals surface area contributed by atoms with Gasteiger partial charge in [-0.25, -0.2) is 9.37 Å². The number of aromatic nitrogens is 3. The van der Waals surface area contributed by atoms with Gasteiger partial charge in [-0.2, -0.15) is 5.10 Å². The molecule has 1 aliphatic heterocycles. The molecule has 1 saturated heterocycles. The fraction of sp³-hybridized carbons (Fsp3) is 0.409. The molecule has 29 heavy (non-hydrogen) atoms. The minimum atomic E-state index is -0.185. The molecule has 1 N–H and O–H groups in total. The Hall–Kier alpha value is -2.80. The summed E-state index contributed by atoms with van der Waals surface area (Å²) in [5.41, 5.74) is 2.23. The van der Waals surface area contributed by atoms with Crippen LogP contribution in [-0.2, 0) is 6.54 Å². The van der Waals surface area contributed by atoms with E-state index in [4.69, 9.17) is 0 Å². The Balaban J connectivity index is 1.62. The highest BCUT2D eigenvalue weighted by molar-refractivity contribution is 5.94. The van der Waals surface area contributed by atoms with Gasteiger partial charge in [-0.1, -0.05) is 18.2 Å². The van der Waals surface area contributed by atoms with Gasteiger partial charge < -0.3 is 15.1 Å². The molecule has 152 valence electrons. The Morgan fingerprint density at radius 1 is 1.17 bits per heavy atom. The second-order valence-corrected chi connectivity index (χ2v) is 8.37. The second-order valence-electron chi connectivity index (χ2n) is 8.37. The molecule has 7 heteroatoms. The SMILES string of the molecule is Cc1cccc(CNc2nnc(C)c3cnc(N4CC(C)(N(C)C)C4)cc23)c1F. The van der Waals surface area contributed by atoms with Gasteiger partial charge in [-0.15, -0.1) is 5.10 Å². The summed E-state index contributed by atoms with van der Waals surface area (Å²) in [4.78, 5) is 9.17. The third kappa shape index (κ3) is 3.51. The van der Waals surface area contributed by atoms with E-state index in [0.717, 1.165) is 35.4 Å². The predicted molar refractivity (Wildman–Crippen MR) is 115 cm³/mol. The van der Waals surface area contributed by atoms with E-state index in [9.17, 15) is 4.39 Å². The molecular weight excluding hydrogens is 367 g/mol. The molecule has 1 aliphatic rings. The first-order valence-corrected chi connectivity index (χ1v) is 9.82. The van der Waals surface area contributed by atoms with E-state index >= 15 is 0 Å². The van der Waals surface area contributed by atoms with Crippen molar-refractivity contribution >= 4 is 22.4 Å². The van der Waals surface area contributed by atoms with Crippen LogP contribution in [0.1, 0.15) is 23.7 Å². The molecule has 0 spiro atoms. The van der Waals surface area contributed by atoms with Gasteiger partial charge >= 0.3 is 0 Å². The third-order valence-electron chi connectivity index (χ3n) is 6.02. The van der Waals surface area contributed by atoms with E-state index in [-0.39, 0.29) is 11.4 Å². The Bertz CT molecular complexity index is 1060. The van der Waals surface area contributed by atoms with Crippen molar-refractivity contribution < 1.29 is 4.39 Å². The maximum atomic E-state index is 14.3. The highest BCUT2D eigenvalue weighted by Gasteiger charge is 2.41. The molecule has 3 heterocycles. The molecule has 0 radical (unpaired) electrons. The average molecular weight is 394 g/mol. The van der Waals surface area contributed by atoms with E-state index in [1.165, 1.54) is 0 Å². The van der Waals surface area contributed by atoms with Crippen LogP contribution in [0.25, 0.3) is 10.8 Å². The number of halogens is 1. The van der Waals surface area contributed by atoms with Gasteiger partial charge in [-0.3, -0.25) is 0 Å². The van der Waals surface area contributed by atoms with Crippen LogP contribution < -0.4 is 10.2 Å². The van der Waals surface area contributed by atoms with Crippen LogP contribution in [0.5, 0.6) is 0 Å². The lowest BCUT2D eigenvalue weighted by Gasteiger charge is -2.52. The number of hydrogen-bond donors (Lipinski definition) is 1. The molecule has 3 aromatic rings. The highest BCUT2D eigenvalue weighted by atomic mass is 19.1. The number of anilines is 2. The average Bonchev–Trinajstić information content (AvgIpc) is 2.67. The van der Waals surface area contributed by atoms with Gasteiger partial charge in [0.1, 0.15) is 11.6 Å². The van der Waals surface area contributed by atoms with Gasteiger partial charge in [0.05, 0.1) is 11.2 Å². The largest absolute Gasteiger partial charge is 0.364 e. The molecule has 1 fully saturated rings. The summed E-state index contributed by atoms with van der Waals surface area (Å²) in [6.07, 6.45) is 1.86. The Morgan fingerprint density at radius 3 is 2.66 bits per heavy atom. The summed E-state index contributed by atoms with van der Waals surface area (Å²) < 4.78 is 14.3. The zero-order valence-corrected chi connectivity index (χ0v) is 17.6. The molecule has 0 unspecified atom stereocenters. The Labute approximate surface area is 170 Å². The first kappa shape index (κ1) is 19.5. The van der Waals surface area contributed by atoms with Crippen molar-refractivity contribution in [1.29, 1.82) is 0 Å². The quantitative estimate of drug-likeness (QED) is 0.714. The van der Waals surface area contributed by atoms with Crippen LogP contribution >= 0.6 is 0 Å². The number of hydrogen-bond acceptors (Lipinski definition) is 6. The van der Waals surface area contributed by atoms with Crippen molar-refractivity contribution in [2.45, 2.75) is 32.9 Å². The minimum absolute atomic E-state index is 0.160. The summed E-state index contributed by atoms with van der Waals surface area (Å²) in [5.74, 6) is 1.38. The standard InChI is InChI=1S/C22H27FN6/c1-14-7-6-8-16(20(14)23)10-25-21-17-9-19(24-11-18(17)15(2)26-27-21)29-12-22(3,13-29)28(4)5/h6-9,11H,10,12-13H2,1-5H3,(H,25,27). The zero-order valence-electron chi connectivity index (χ0n) is 17.6. The van der Waals surface area contributed by atoms with Crippen LogP contribution in [0, 0.1) is 19.7 Å². The molecule has 0 bridgehead atoms. The lowest BCUT2D eigenvalue weighted by atomic mass is 9.91. The van der Waals surface area contributed by atoms with Crippen LogP contribution in [0.15, 0.2) is 30.5 Å². The maximum absolute atomic E-state index is 14.3. The van der Waals surface area contributed by atoms with Gasteiger partial charge in [0.15, 0.2) is 5.82 Å². The lowest BCUT2D eigenvalue weighted by Crippen LogP contribution is -2.67. The predicted octanol–water partition coefficient (Wildman–Crippen LogP) is 3.53. The van der Waals surface area contributed by atoms with Crippen LogP contribution in [0.2, 0.25) is 0 Å². The normalized spacial score (nSPS) is 15.6. The topological polar surface area (TPSA) is 57.2 Å². The fourth-order valence-electron chi connectivity index (χ4n) is 3.71. The summed E-state index contributed by atoms with van der Waals surface area (Å²) in [6.45, 7) is 8.14. The first-order valence-electron chi connectivity index (χ1n) is 9.82. The number of benzene rings is 1. The van der Waals surface area contributed by atoms with Crippen molar-refractivity contribution in [3.8, 4) is 0 Å². The number of likely N-dealkylation sites (N-methyl/N-ethyl adjacent to an activating group) is 1. The maximum Gasteiger partial charge on any atom is 0.157 e. The van der Waals surface area contributed by atoms with E-state index in [1.807, 2.05) is 19.2 Å². The monoisotopic (exact) mass is 394 g/mol. The van der Waals surface area contributed by atoms with Gasteiger partial charge in [0.25, 0.3) is 0 Å². The van der Waals surface area contributed by atoms with Crippen molar-refractivity contribution in [1.82, 2.24) is 20.1 Å². The lowest BCUT2D eigenvalue weighted by molar-refractivity contribution is 0.132. The molecule has 4 rings (SSSR count). The van der Waals surface area contributed by atoms with Gasteiger partial charge in [0, 0.05) is 42.2 Å². The molecule has 0 aliphatic carbocycles. The summed E-state index contributed by atoms with van der Waals surface area (Å²) >= 11 is 0. The first-order chi connectivity index (χ1) is 13.8. The molecule has 1 aromatic carbocycles. The van der Waals surface area contributed by atoms with Crippen molar-refractivity contribution in [3.63, 3.8) is 0 Å². The number of fused-ring (bicyclic) bond motifs is 1. The van der Waals surface area contributed by atoms with E-state index in [1.54, 1.807) is 19.1 Å². The Morgan fingerprint density at radius 2 is 1.93 bits per heavy atom.